The van der Waals surface area contributed by atoms with Crippen molar-refractivity contribution < 1.29 is 17.9 Å². The van der Waals surface area contributed by atoms with Crippen LogP contribution in [-0.2, 0) is 4.74 Å². The molecule has 1 heterocycles. The number of halogens is 3. The van der Waals surface area contributed by atoms with E-state index in [9.17, 15) is 13.2 Å². The summed E-state index contributed by atoms with van der Waals surface area (Å²) in [5.41, 5.74) is 0.197. The molecule has 21 heavy (non-hydrogen) atoms. The highest BCUT2D eigenvalue weighted by molar-refractivity contribution is 5.23. The van der Waals surface area contributed by atoms with Gasteiger partial charge < -0.3 is 10.1 Å². The Morgan fingerprint density at radius 1 is 1.29 bits per heavy atom. The number of nitrogens with one attached hydrogen (secondary N) is 1. The van der Waals surface area contributed by atoms with Crippen LogP contribution in [0, 0.1) is 17.5 Å². The van der Waals surface area contributed by atoms with Crippen LogP contribution in [0.5, 0.6) is 0 Å². The van der Waals surface area contributed by atoms with E-state index in [1.54, 1.807) is 0 Å². The standard InChI is InChI=1S/C16H22F3NO/c1-2-20-14(7-3-5-11-6-4-10-21-11)12-8-9-13(17)16(19)15(12)18/h8-9,11,14,20H,2-7,10H2,1H3. The Morgan fingerprint density at radius 2 is 2.10 bits per heavy atom. The second-order valence-electron chi connectivity index (χ2n) is 5.44. The molecule has 0 aromatic heterocycles. The van der Waals surface area contributed by atoms with Crippen LogP contribution in [-0.4, -0.2) is 19.3 Å². The fourth-order valence-corrected chi connectivity index (χ4v) is 2.85. The van der Waals surface area contributed by atoms with Gasteiger partial charge in [-0.2, -0.15) is 0 Å². The zero-order valence-electron chi connectivity index (χ0n) is 12.3. The first-order chi connectivity index (χ1) is 10.1. The summed E-state index contributed by atoms with van der Waals surface area (Å²) in [6.45, 7) is 3.37. The quantitative estimate of drug-likeness (QED) is 0.765. The molecule has 1 saturated heterocycles. The fraction of sp³-hybridized carbons (Fsp3) is 0.625. The second-order valence-corrected chi connectivity index (χ2v) is 5.44. The molecule has 5 heteroatoms. The molecule has 1 aliphatic heterocycles. The third kappa shape index (κ3) is 4.20. The maximum atomic E-state index is 13.9. The number of ether oxygens (including phenoxy) is 1. The molecule has 1 aromatic carbocycles. The minimum atomic E-state index is -1.39. The number of hydrogen-bond acceptors (Lipinski definition) is 2. The zero-order valence-corrected chi connectivity index (χ0v) is 12.3. The minimum absolute atomic E-state index is 0.197. The topological polar surface area (TPSA) is 21.3 Å². The Kier molecular flexibility index (Phi) is 6.06. The van der Waals surface area contributed by atoms with Gasteiger partial charge in [-0.3, -0.25) is 0 Å². The summed E-state index contributed by atoms with van der Waals surface area (Å²) in [5, 5.41) is 3.14. The lowest BCUT2D eigenvalue weighted by atomic mass is 9.98. The summed E-state index contributed by atoms with van der Waals surface area (Å²) in [4.78, 5) is 0. The van der Waals surface area contributed by atoms with Crippen LogP contribution in [0.4, 0.5) is 13.2 Å². The highest BCUT2D eigenvalue weighted by Gasteiger charge is 2.21. The average molecular weight is 301 g/mol. The van der Waals surface area contributed by atoms with Gasteiger partial charge in [0, 0.05) is 18.2 Å². The molecule has 2 rings (SSSR count). The monoisotopic (exact) mass is 301 g/mol. The van der Waals surface area contributed by atoms with Crippen molar-refractivity contribution in [1.29, 1.82) is 0 Å². The van der Waals surface area contributed by atoms with Crippen molar-refractivity contribution in [2.24, 2.45) is 0 Å². The van der Waals surface area contributed by atoms with Gasteiger partial charge in [0.2, 0.25) is 0 Å². The van der Waals surface area contributed by atoms with Gasteiger partial charge in [-0.25, -0.2) is 13.2 Å². The maximum absolute atomic E-state index is 13.9. The first kappa shape index (κ1) is 16.3. The lowest BCUT2D eigenvalue weighted by molar-refractivity contribution is 0.101. The van der Waals surface area contributed by atoms with Gasteiger partial charge in [0.1, 0.15) is 0 Å². The van der Waals surface area contributed by atoms with Gasteiger partial charge in [0.15, 0.2) is 17.5 Å². The van der Waals surface area contributed by atoms with E-state index < -0.39 is 17.5 Å². The summed E-state index contributed by atoms with van der Waals surface area (Å²) in [6.07, 6.45) is 4.93. The van der Waals surface area contributed by atoms with Crippen LogP contribution in [0.1, 0.15) is 50.6 Å². The molecule has 0 saturated carbocycles. The van der Waals surface area contributed by atoms with E-state index in [1.807, 2.05) is 6.92 Å². The predicted octanol–water partition coefficient (Wildman–Crippen LogP) is 4.10. The van der Waals surface area contributed by atoms with Crippen molar-refractivity contribution in [3.05, 3.63) is 35.1 Å². The molecule has 2 unspecified atom stereocenters. The number of rotatable bonds is 7. The van der Waals surface area contributed by atoms with Crippen LogP contribution < -0.4 is 5.32 Å². The number of benzene rings is 1. The highest BCUT2D eigenvalue weighted by Crippen LogP contribution is 2.27. The molecular weight excluding hydrogens is 279 g/mol. The summed E-state index contributed by atoms with van der Waals surface area (Å²) in [7, 11) is 0. The van der Waals surface area contributed by atoms with E-state index >= 15 is 0 Å². The summed E-state index contributed by atoms with van der Waals surface area (Å²) in [5.74, 6) is -3.63. The van der Waals surface area contributed by atoms with Crippen molar-refractivity contribution in [2.75, 3.05) is 13.2 Å². The fourth-order valence-electron chi connectivity index (χ4n) is 2.85. The third-order valence-corrected chi connectivity index (χ3v) is 3.93. The average Bonchev–Trinajstić information content (AvgIpc) is 2.98. The highest BCUT2D eigenvalue weighted by atomic mass is 19.2. The first-order valence-corrected chi connectivity index (χ1v) is 7.61. The van der Waals surface area contributed by atoms with Crippen LogP contribution >= 0.6 is 0 Å². The maximum Gasteiger partial charge on any atom is 0.194 e. The lowest BCUT2D eigenvalue weighted by Gasteiger charge is -2.20. The van der Waals surface area contributed by atoms with E-state index in [-0.39, 0.29) is 11.6 Å². The predicted molar refractivity (Wildman–Crippen MR) is 75.6 cm³/mol. The van der Waals surface area contributed by atoms with Gasteiger partial charge in [-0.15, -0.1) is 0 Å². The van der Waals surface area contributed by atoms with Gasteiger partial charge in [-0.05, 0) is 44.7 Å². The van der Waals surface area contributed by atoms with Crippen LogP contribution in [0.2, 0.25) is 0 Å². The molecule has 0 aliphatic carbocycles. The molecule has 1 fully saturated rings. The first-order valence-electron chi connectivity index (χ1n) is 7.61. The Labute approximate surface area is 123 Å². The third-order valence-electron chi connectivity index (χ3n) is 3.93. The molecule has 0 bridgehead atoms. The molecule has 2 nitrogen and oxygen atoms in total. The van der Waals surface area contributed by atoms with Crippen LogP contribution in [0.15, 0.2) is 12.1 Å². The van der Waals surface area contributed by atoms with Gasteiger partial charge in [0.05, 0.1) is 6.10 Å². The van der Waals surface area contributed by atoms with Crippen molar-refractivity contribution in [3.63, 3.8) is 0 Å². The largest absolute Gasteiger partial charge is 0.378 e. The molecule has 0 spiro atoms. The lowest BCUT2D eigenvalue weighted by Crippen LogP contribution is -2.23. The molecule has 2 atom stereocenters. The van der Waals surface area contributed by atoms with Crippen molar-refractivity contribution in [1.82, 2.24) is 5.32 Å². The molecule has 1 N–H and O–H groups in total. The van der Waals surface area contributed by atoms with Crippen molar-refractivity contribution in [2.45, 2.75) is 51.2 Å². The normalized spacial score (nSPS) is 19.9. The molecular formula is C16H22F3NO. The van der Waals surface area contributed by atoms with Gasteiger partial charge in [0.25, 0.3) is 0 Å². The van der Waals surface area contributed by atoms with E-state index in [1.165, 1.54) is 6.07 Å². The molecule has 1 aliphatic rings. The summed E-state index contributed by atoms with van der Waals surface area (Å²) >= 11 is 0. The zero-order chi connectivity index (χ0) is 15.2. The Balaban J connectivity index is 1.99. The van der Waals surface area contributed by atoms with Crippen LogP contribution in [0.25, 0.3) is 0 Å². The summed E-state index contributed by atoms with van der Waals surface area (Å²) in [6, 6.07) is 2.01. The Morgan fingerprint density at radius 3 is 2.76 bits per heavy atom. The van der Waals surface area contributed by atoms with E-state index in [2.05, 4.69) is 5.32 Å². The number of hydrogen-bond donors (Lipinski definition) is 1. The summed E-state index contributed by atoms with van der Waals surface area (Å²) < 4.78 is 45.8. The second kappa shape index (κ2) is 7.80. The van der Waals surface area contributed by atoms with Crippen molar-refractivity contribution in [3.8, 4) is 0 Å². The van der Waals surface area contributed by atoms with E-state index in [0.717, 1.165) is 38.4 Å². The Bertz CT molecular complexity index is 461. The molecule has 0 amide bonds. The van der Waals surface area contributed by atoms with E-state index in [4.69, 9.17) is 4.74 Å². The van der Waals surface area contributed by atoms with Gasteiger partial charge in [-0.1, -0.05) is 13.0 Å². The SMILES string of the molecule is CCNC(CCCC1CCCO1)c1ccc(F)c(F)c1F. The molecule has 0 radical (unpaired) electrons. The molecule has 118 valence electrons. The van der Waals surface area contributed by atoms with E-state index in [0.29, 0.717) is 19.1 Å². The van der Waals surface area contributed by atoms with Gasteiger partial charge >= 0.3 is 0 Å². The smallest absolute Gasteiger partial charge is 0.194 e. The van der Waals surface area contributed by atoms with Crippen LogP contribution in [0.3, 0.4) is 0 Å². The Hall–Kier alpha value is -1.07. The molecule has 1 aromatic rings. The minimum Gasteiger partial charge on any atom is -0.378 e. The van der Waals surface area contributed by atoms with Crippen molar-refractivity contribution >= 4 is 0 Å².